The number of pyridine rings is 1. The third kappa shape index (κ3) is 5.26. The number of carbonyl (C=O) groups excluding carboxylic acids is 2. The second kappa shape index (κ2) is 9.92. The van der Waals surface area contributed by atoms with Crippen molar-refractivity contribution in [1.29, 1.82) is 0 Å². The monoisotopic (exact) mass is 464 g/mol. The van der Waals surface area contributed by atoms with Gasteiger partial charge in [0.25, 0.3) is 5.91 Å². The van der Waals surface area contributed by atoms with E-state index in [4.69, 9.17) is 22.1 Å². The van der Waals surface area contributed by atoms with Crippen molar-refractivity contribution in [2.24, 2.45) is 0 Å². The zero-order chi connectivity index (χ0) is 23.4. The Morgan fingerprint density at radius 2 is 1.67 bits per heavy atom. The van der Waals surface area contributed by atoms with Crippen molar-refractivity contribution in [2.75, 3.05) is 31.9 Å². The molecule has 2 amide bonds. The molecule has 0 atom stereocenters. The van der Waals surface area contributed by atoms with Gasteiger partial charge in [-0.05, 0) is 29.8 Å². The molecule has 2 heterocycles. The molecule has 1 aromatic heterocycles. The van der Waals surface area contributed by atoms with Crippen LogP contribution in [0.25, 0.3) is 11.1 Å². The van der Waals surface area contributed by atoms with Crippen LogP contribution in [-0.2, 0) is 11.4 Å². The van der Waals surface area contributed by atoms with Gasteiger partial charge < -0.3 is 20.3 Å². The number of rotatable bonds is 5. The lowest BCUT2D eigenvalue weighted by Crippen LogP contribution is -2.50. The maximum absolute atomic E-state index is 12.8. The number of amides is 2. The first kappa shape index (κ1) is 22.6. The molecule has 2 aromatic carbocycles. The van der Waals surface area contributed by atoms with Gasteiger partial charge in [-0.15, -0.1) is 0 Å². The van der Waals surface area contributed by atoms with Crippen molar-refractivity contribution in [3.05, 3.63) is 76.9 Å². The molecule has 0 aliphatic carbocycles. The van der Waals surface area contributed by atoms with E-state index < -0.39 is 0 Å². The predicted molar refractivity (Wildman–Crippen MR) is 128 cm³/mol. The number of piperazine rings is 1. The van der Waals surface area contributed by atoms with Crippen molar-refractivity contribution in [1.82, 2.24) is 14.8 Å². The van der Waals surface area contributed by atoms with Crippen LogP contribution < -0.4 is 10.5 Å². The smallest absolute Gasteiger partial charge is 0.253 e. The fraction of sp³-hybridized carbons (Fsp3) is 0.240. The van der Waals surface area contributed by atoms with Crippen LogP contribution in [0.1, 0.15) is 22.8 Å². The number of carbonyl (C=O) groups is 2. The van der Waals surface area contributed by atoms with E-state index in [9.17, 15) is 9.59 Å². The summed E-state index contributed by atoms with van der Waals surface area (Å²) in [6.45, 7) is 4.03. The van der Waals surface area contributed by atoms with E-state index in [2.05, 4.69) is 4.98 Å². The number of hydrogen-bond acceptors (Lipinski definition) is 5. The Labute approximate surface area is 197 Å². The van der Waals surface area contributed by atoms with Crippen molar-refractivity contribution >= 4 is 29.2 Å². The highest BCUT2D eigenvalue weighted by molar-refractivity contribution is 6.31. The van der Waals surface area contributed by atoms with Crippen LogP contribution in [-0.4, -0.2) is 52.8 Å². The third-order valence-corrected chi connectivity index (χ3v) is 6.07. The minimum atomic E-state index is -0.0380. The Balaban J connectivity index is 1.44. The van der Waals surface area contributed by atoms with Gasteiger partial charge in [-0.1, -0.05) is 41.9 Å². The molecule has 0 saturated carbocycles. The number of anilines is 1. The maximum atomic E-state index is 12.8. The first-order chi connectivity index (χ1) is 15.9. The Kier molecular flexibility index (Phi) is 6.79. The van der Waals surface area contributed by atoms with Crippen LogP contribution in [0.3, 0.4) is 0 Å². The van der Waals surface area contributed by atoms with Crippen molar-refractivity contribution in [2.45, 2.75) is 13.5 Å². The molecular weight excluding hydrogens is 440 g/mol. The zero-order valence-electron chi connectivity index (χ0n) is 18.3. The molecule has 7 nitrogen and oxygen atoms in total. The first-order valence-electron chi connectivity index (χ1n) is 10.7. The molecule has 33 heavy (non-hydrogen) atoms. The highest BCUT2D eigenvalue weighted by Crippen LogP contribution is 2.29. The fourth-order valence-electron chi connectivity index (χ4n) is 3.71. The summed E-state index contributed by atoms with van der Waals surface area (Å²) in [5, 5.41) is 0.628. The fourth-order valence-corrected chi connectivity index (χ4v) is 3.90. The van der Waals surface area contributed by atoms with Crippen LogP contribution in [0, 0.1) is 0 Å². The first-order valence-corrected chi connectivity index (χ1v) is 11.1. The molecule has 170 valence electrons. The molecule has 2 N–H and O–H groups in total. The standard InChI is InChI=1S/C25H25ClN4O3/c1-17(31)29-10-12-30(13-11-29)25(32)19-8-6-18(7-9-19)21-14-23(24(27)28-15-21)33-16-20-4-2-3-5-22(20)26/h2-9,14-15H,10-13,16H2,1H3,(H2,27,28). The lowest BCUT2D eigenvalue weighted by Gasteiger charge is -2.34. The quantitative estimate of drug-likeness (QED) is 0.619. The number of aromatic nitrogens is 1. The number of ether oxygens (including phenoxy) is 1. The molecule has 0 spiro atoms. The summed E-state index contributed by atoms with van der Waals surface area (Å²) in [5.41, 5.74) is 9.18. The Hall–Kier alpha value is -3.58. The molecule has 0 bridgehead atoms. The van der Waals surface area contributed by atoms with Gasteiger partial charge in [-0.25, -0.2) is 4.98 Å². The molecule has 1 aliphatic rings. The Morgan fingerprint density at radius 1 is 1.00 bits per heavy atom. The van der Waals surface area contributed by atoms with Crippen LogP contribution in [0.4, 0.5) is 5.82 Å². The molecule has 1 fully saturated rings. The predicted octanol–water partition coefficient (Wildman–Crippen LogP) is 3.87. The Morgan fingerprint density at radius 3 is 2.33 bits per heavy atom. The normalized spacial score (nSPS) is 13.6. The maximum Gasteiger partial charge on any atom is 0.253 e. The van der Waals surface area contributed by atoms with E-state index >= 15 is 0 Å². The summed E-state index contributed by atoms with van der Waals surface area (Å²) in [4.78, 5) is 32.1. The minimum absolute atomic E-state index is 0.0380. The number of halogens is 1. The van der Waals surface area contributed by atoms with Crippen molar-refractivity contribution in [3.8, 4) is 16.9 Å². The summed E-state index contributed by atoms with van der Waals surface area (Å²) in [6.07, 6.45) is 1.68. The molecule has 4 rings (SSSR count). The number of hydrogen-bond donors (Lipinski definition) is 1. The van der Waals surface area contributed by atoms with Crippen LogP contribution in [0.5, 0.6) is 5.75 Å². The van der Waals surface area contributed by atoms with Crippen LogP contribution in [0.2, 0.25) is 5.02 Å². The van der Waals surface area contributed by atoms with Crippen molar-refractivity contribution < 1.29 is 14.3 Å². The number of nitrogens with zero attached hydrogens (tertiary/aromatic N) is 3. The topological polar surface area (TPSA) is 88.8 Å². The summed E-state index contributed by atoms with van der Waals surface area (Å²) in [6, 6.07) is 16.7. The van der Waals surface area contributed by atoms with E-state index in [1.54, 1.807) is 35.1 Å². The molecule has 0 unspecified atom stereocenters. The number of benzene rings is 2. The molecule has 3 aromatic rings. The summed E-state index contributed by atoms with van der Waals surface area (Å²) >= 11 is 6.20. The summed E-state index contributed by atoms with van der Waals surface area (Å²) < 4.78 is 5.87. The molecular formula is C25H25ClN4O3. The lowest BCUT2D eigenvalue weighted by molar-refractivity contribution is -0.130. The molecule has 0 radical (unpaired) electrons. The van der Waals surface area contributed by atoms with Crippen molar-refractivity contribution in [3.63, 3.8) is 0 Å². The second-order valence-corrected chi connectivity index (χ2v) is 8.27. The Bertz CT molecular complexity index is 1160. The molecule has 1 saturated heterocycles. The number of nitrogens with two attached hydrogens (primary N) is 1. The largest absolute Gasteiger partial charge is 0.485 e. The van der Waals surface area contributed by atoms with Gasteiger partial charge in [0.1, 0.15) is 6.61 Å². The van der Waals surface area contributed by atoms with E-state index in [0.717, 1.165) is 16.7 Å². The van der Waals surface area contributed by atoms with Gasteiger partial charge in [-0.2, -0.15) is 0 Å². The average Bonchev–Trinajstić information content (AvgIpc) is 2.84. The van der Waals surface area contributed by atoms with Gasteiger partial charge in [-0.3, -0.25) is 9.59 Å². The van der Waals surface area contributed by atoms with E-state index in [0.29, 0.717) is 48.3 Å². The van der Waals surface area contributed by atoms with Gasteiger partial charge in [0.05, 0.1) is 0 Å². The van der Waals surface area contributed by atoms with E-state index in [1.807, 2.05) is 42.5 Å². The summed E-state index contributed by atoms with van der Waals surface area (Å²) in [5.74, 6) is 0.765. The molecule has 1 aliphatic heterocycles. The van der Waals surface area contributed by atoms with Gasteiger partial charge in [0, 0.05) is 61.0 Å². The minimum Gasteiger partial charge on any atom is -0.485 e. The highest BCUT2D eigenvalue weighted by atomic mass is 35.5. The lowest BCUT2D eigenvalue weighted by atomic mass is 10.0. The van der Waals surface area contributed by atoms with E-state index in [1.165, 1.54) is 0 Å². The SMILES string of the molecule is CC(=O)N1CCN(C(=O)c2ccc(-c3cnc(N)c(OCc4ccccc4Cl)c3)cc2)CC1. The number of nitrogen functional groups attached to an aromatic ring is 1. The van der Waals surface area contributed by atoms with E-state index in [-0.39, 0.29) is 18.4 Å². The second-order valence-electron chi connectivity index (χ2n) is 7.86. The average molecular weight is 465 g/mol. The van der Waals surface area contributed by atoms with Crippen LogP contribution >= 0.6 is 11.6 Å². The molecule has 8 heteroatoms. The van der Waals surface area contributed by atoms with Crippen LogP contribution in [0.15, 0.2) is 60.8 Å². The zero-order valence-corrected chi connectivity index (χ0v) is 19.1. The van der Waals surface area contributed by atoms with Gasteiger partial charge in [0.2, 0.25) is 5.91 Å². The summed E-state index contributed by atoms with van der Waals surface area (Å²) in [7, 11) is 0. The third-order valence-electron chi connectivity index (χ3n) is 5.70. The van der Waals surface area contributed by atoms with Gasteiger partial charge in [0.15, 0.2) is 11.6 Å². The highest BCUT2D eigenvalue weighted by Gasteiger charge is 2.23. The van der Waals surface area contributed by atoms with Gasteiger partial charge >= 0.3 is 0 Å².